The lowest BCUT2D eigenvalue weighted by Gasteiger charge is -2.10. The molecule has 0 fully saturated rings. The number of benzene rings is 1. The van der Waals surface area contributed by atoms with Crippen LogP contribution >= 0.6 is 11.6 Å². The maximum atomic E-state index is 6.09. The molecule has 2 aromatic rings. The number of rotatable bonds is 5. The van der Waals surface area contributed by atoms with Gasteiger partial charge in [-0.1, -0.05) is 24.6 Å². The van der Waals surface area contributed by atoms with Gasteiger partial charge in [-0.3, -0.25) is 0 Å². The van der Waals surface area contributed by atoms with Crippen LogP contribution in [0.25, 0.3) is 0 Å². The maximum absolute atomic E-state index is 6.09. The molecule has 0 spiro atoms. The van der Waals surface area contributed by atoms with Crippen LogP contribution < -0.4 is 15.8 Å². The van der Waals surface area contributed by atoms with Gasteiger partial charge in [-0.05, 0) is 31.0 Å². The van der Waals surface area contributed by atoms with E-state index < -0.39 is 0 Å². The number of nitrogens with one attached hydrogen (secondary N) is 1. The topological polar surface area (TPSA) is 73.1 Å². The Morgan fingerprint density at radius 2 is 2.10 bits per heavy atom. The minimum absolute atomic E-state index is 0.157. The van der Waals surface area contributed by atoms with Crippen molar-refractivity contribution in [3.63, 3.8) is 0 Å². The van der Waals surface area contributed by atoms with Gasteiger partial charge in [0.15, 0.2) is 0 Å². The highest BCUT2D eigenvalue weighted by Gasteiger charge is 2.07. The molecule has 0 saturated carbocycles. The Kier molecular flexibility index (Phi) is 4.63. The zero-order chi connectivity index (χ0) is 14.5. The SMILES string of the molecule is CCCNc1cc(Oc2cc(C)ccc2Cl)nc(N)n1. The number of hydrogen-bond donors (Lipinski definition) is 2. The molecule has 1 heterocycles. The monoisotopic (exact) mass is 292 g/mol. The van der Waals surface area contributed by atoms with E-state index in [0.29, 0.717) is 22.5 Å². The molecule has 0 aliphatic carbocycles. The van der Waals surface area contributed by atoms with Gasteiger partial charge < -0.3 is 15.8 Å². The van der Waals surface area contributed by atoms with Gasteiger partial charge in [-0.25, -0.2) is 0 Å². The van der Waals surface area contributed by atoms with Crippen molar-refractivity contribution >= 4 is 23.4 Å². The lowest BCUT2D eigenvalue weighted by atomic mass is 10.2. The molecule has 1 aromatic carbocycles. The lowest BCUT2D eigenvalue weighted by molar-refractivity contribution is 0.463. The third-order valence-corrected chi connectivity index (χ3v) is 2.89. The summed E-state index contributed by atoms with van der Waals surface area (Å²) >= 11 is 6.09. The Labute approximate surface area is 123 Å². The van der Waals surface area contributed by atoms with Crippen LogP contribution in [0.2, 0.25) is 5.02 Å². The van der Waals surface area contributed by atoms with E-state index >= 15 is 0 Å². The van der Waals surface area contributed by atoms with Gasteiger partial charge in [0, 0.05) is 12.6 Å². The summed E-state index contributed by atoms with van der Waals surface area (Å²) < 4.78 is 5.69. The van der Waals surface area contributed by atoms with Crippen molar-refractivity contribution in [1.29, 1.82) is 0 Å². The molecule has 0 unspecified atom stereocenters. The number of aryl methyl sites for hydroxylation is 1. The fourth-order valence-electron chi connectivity index (χ4n) is 1.64. The molecule has 2 rings (SSSR count). The fraction of sp³-hybridized carbons (Fsp3) is 0.286. The molecule has 20 heavy (non-hydrogen) atoms. The Morgan fingerprint density at radius 1 is 1.30 bits per heavy atom. The first-order valence-corrected chi connectivity index (χ1v) is 6.78. The van der Waals surface area contributed by atoms with Crippen LogP contribution in [0.3, 0.4) is 0 Å². The summed E-state index contributed by atoms with van der Waals surface area (Å²) in [6.07, 6.45) is 0.990. The summed E-state index contributed by atoms with van der Waals surface area (Å²) in [6, 6.07) is 7.25. The van der Waals surface area contributed by atoms with E-state index in [2.05, 4.69) is 22.2 Å². The minimum Gasteiger partial charge on any atom is -0.437 e. The van der Waals surface area contributed by atoms with Gasteiger partial charge in [0.1, 0.15) is 11.6 Å². The van der Waals surface area contributed by atoms with Crippen molar-refractivity contribution in [3.05, 3.63) is 34.9 Å². The second-order valence-corrected chi connectivity index (χ2v) is 4.82. The van der Waals surface area contributed by atoms with Gasteiger partial charge in [0.2, 0.25) is 11.8 Å². The normalized spacial score (nSPS) is 10.3. The van der Waals surface area contributed by atoms with Crippen molar-refractivity contribution < 1.29 is 4.74 Å². The van der Waals surface area contributed by atoms with Gasteiger partial charge in [0.05, 0.1) is 5.02 Å². The highest BCUT2D eigenvalue weighted by atomic mass is 35.5. The van der Waals surface area contributed by atoms with Gasteiger partial charge in [0.25, 0.3) is 0 Å². The smallest absolute Gasteiger partial charge is 0.226 e. The summed E-state index contributed by atoms with van der Waals surface area (Å²) in [6.45, 7) is 4.84. The van der Waals surface area contributed by atoms with E-state index in [-0.39, 0.29) is 5.95 Å². The van der Waals surface area contributed by atoms with E-state index in [1.165, 1.54) is 0 Å². The molecular weight excluding hydrogens is 276 g/mol. The van der Waals surface area contributed by atoms with E-state index in [9.17, 15) is 0 Å². The van der Waals surface area contributed by atoms with E-state index in [0.717, 1.165) is 18.5 Å². The highest BCUT2D eigenvalue weighted by molar-refractivity contribution is 6.32. The molecule has 6 heteroatoms. The largest absolute Gasteiger partial charge is 0.437 e. The summed E-state index contributed by atoms with van der Waals surface area (Å²) in [5.41, 5.74) is 6.73. The molecular formula is C14H17ClN4O. The van der Waals surface area contributed by atoms with E-state index in [4.69, 9.17) is 22.1 Å². The number of nitrogen functional groups attached to an aromatic ring is 1. The van der Waals surface area contributed by atoms with Crippen LogP contribution in [0.1, 0.15) is 18.9 Å². The second-order valence-electron chi connectivity index (χ2n) is 4.41. The van der Waals surface area contributed by atoms with Crippen molar-refractivity contribution in [2.75, 3.05) is 17.6 Å². The molecule has 0 atom stereocenters. The quantitative estimate of drug-likeness (QED) is 0.880. The van der Waals surface area contributed by atoms with Crippen LogP contribution in [-0.4, -0.2) is 16.5 Å². The third-order valence-electron chi connectivity index (χ3n) is 2.58. The predicted octanol–water partition coefficient (Wildman–Crippen LogP) is 3.63. The molecule has 0 amide bonds. The summed E-state index contributed by atoms with van der Waals surface area (Å²) in [7, 11) is 0. The lowest BCUT2D eigenvalue weighted by Crippen LogP contribution is -2.05. The van der Waals surface area contributed by atoms with Crippen LogP contribution in [-0.2, 0) is 0 Å². The molecule has 3 N–H and O–H groups in total. The summed E-state index contributed by atoms with van der Waals surface area (Å²) in [5, 5.41) is 3.67. The first-order chi connectivity index (χ1) is 9.58. The first kappa shape index (κ1) is 14.4. The van der Waals surface area contributed by atoms with Gasteiger partial charge in [-0.15, -0.1) is 0 Å². The number of nitrogens with two attached hydrogens (primary N) is 1. The van der Waals surface area contributed by atoms with Gasteiger partial charge >= 0.3 is 0 Å². The number of aromatic nitrogens is 2. The number of anilines is 2. The summed E-state index contributed by atoms with van der Waals surface area (Å²) in [5.74, 6) is 1.71. The van der Waals surface area contributed by atoms with Crippen LogP contribution in [0.5, 0.6) is 11.6 Å². The van der Waals surface area contributed by atoms with Crippen LogP contribution in [0.4, 0.5) is 11.8 Å². The maximum Gasteiger partial charge on any atom is 0.226 e. The van der Waals surface area contributed by atoms with Crippen molar-refractivity contribution in [2.45, 2.75) is 20.3 Å². The first-order valence-electron chi connectivity index (χ1n) is 6.41. The Balaban J connectivity index is 2.24. The Bertz CT molecular complexity index is 604. The fourth-order valence-corrected chi connectivity index (χ4v) is 1.80. The van der Waals surface area contributed by atoms with Gasteiger partial charge in [-0.2, -0.15) is 9.97 Å². The zero-order valence-corrected chi connectivity index (χ0v) is 12.2. The van der Waals surface area contributed by atoms with E-state index in [1.54, 1.807) is 12.1 Å². The number of nitrogens with zero attached hydrogens (tertiary/aromatic N) is 2. The number of ether oxygens (including phenoxy) is 1. The zero-order valence-electron chi connectivity index (χ0n) is 11.5. The predicted molar refractivity (Wildman–Crippen MR) is 81.5 cm³/mol. The Morgan fingerprint density at radius 3 is 2.85 bits per heavy atom. The van der Waals surface area contributed by atoms with Crippen molar-refractivity contribution in [1.82, 2.24) is 9.97 Å². The number of hydrogen-bond acceptors (Lipinski definition) is 5. The average molecular weight is 293 g/mol. The minimum atomic E-state index is 0.157. The molecule has 5 nitrogen and oxygen atoms in total. The van der Waals surface area contributed by atoms with Crippen molar-refractivity contribution in [3.8, 4) is 11.6 Å². The third kappa shape index (κ3) is 3.74. The standard InChI is InChI=1S/C14H17ClN4O/c1-3-6-17-12-8-13(19-14(16)18-12)20-11-7-9(2)4-5-10(11)15/h4-5,7-8H,3,6H2,1-2H3,(H3,16,17,18,19). The Hall–Kier alpha value is -2.01. The van der Waals surface area contributed by atoms with Crippen molar-refractivity contribution in [2.24, 2.45) is 0 Å². The van der Waals surface area contributed by atoms with Crippen LogP contribution in [0.15, 0.2) is 24.3 Å². The molecule has 106 valence electrons. The molecule has 1 aromatic heterocycles. The molecule has 0 aliphatic heterocycles. The van der Waals surface area contributed by atoms with E-state index in [1.807, 2.05) is 19.1 Å². The molecule has 0 saturated heterocycles. The average Bonchev–Trinajstić information content (AvgIpc) is 2.40. The molecule has 0 radical (unpaired) electrons. The highest BCUT2D eigenvalue weighted by Crippen LogP contribution is 2.30. The van der Waals surface area contributed by atoms with Crippen LogP contribution in [0, 0.1) is 6.92 Å². The summed E-state index contributed by atoms with van der Waals surface area (Å²) in [4.78, 5) is 8.15. The molecule has 0 bridgehead atoms. The second kappa shape index (κ2) is 6.43. The number of halogens is 1. The molecule has 0 aliphatic rings.